The Morgan fingerprint density at radius 3 is 2.69 bits per heavy atom. The molecule has 0 aromatic carbocycles. The predicted molar refractivity (Wildman–Crippen MR) is 53.4 cm³/mol. The lowest BCUT2D eigenvalue weighted by Crippen LogP contribution is -2.10. The third-order valence-corrected chi connectivity index (χ3v) is 2.41. The molecule has 0 atom stereocenters. The van der Waals surface area contributed by atoms with Crippen LogP contribution in [0.25, 0.3) is 0 Å². The Labute approximate surface area is 95.0 Å². The van der Waals surface area contributed by atoms with Gasteiger partial charge in [0.25, 0.3) is 6.43 Å². The SMILES string of the molecule is NCc1c(CC(=O)O)cnc(C(F)F)c1Cl. The van der Waals surface area contributed by atoms with Gasteiger partial charge in [-0.15, -0.1) is 0 Å². The predicted octanol–water partition coefficient (Wildman–Crippen LogP) is 1.76. The summed E-state index contributed by atoms with van der Waals surface area (Å²) in [6.07, 6.45) is -2.08. The van der Waals surface area contributed by atoms with Gasteiger partial charge in [-0.2, -0.15) is 0 Å². The van der Waals surface area contributed by atoms with E-state index in [1.165, 1.54) is 0 Å². The van der Waals surface area contributed by atoms with Crippen LogP contribution in [0.15, 0.2) is 6.20 Å². The monoisotopic (exact) mass is 250 g/mol. The van der Waals surface area contributed by atoms with Gasteiger partial charge in [-0.05, 0) is 11.1 Å². The van der Waals surface area contributed by atoms with Crippen LogP contribution in [-0.4, -0.2) is 16.1 Å². The van der Waals surface area contributed by atoms with Gasteiger partial charge >= 0.3 is 5.97 Å². The fourth-order valence-corrected chi connectivity index (χ4v) is 1.60. The van der Waals surface area contributed by atoms with E-state index >= 15 is 0 Å². The van der Waals surface area contributed by atoms with Gasteiger partial charge in [0, 0.05) is 12.7 Å². The largest absolute Gasteiger partial charge is 0.481 e. The molecule has 3 N–H and O–H groups in total. The molecule has 1 rings (SSSR count). The van der Waals surface area contributed by atoms with Crippen molar-refractivity contribution in [3.8, 4) is 0 Å². The van der Waals surface area contributed by atoms with Gasteiger partial charge in [-0.1, -0.05) is 11.6 Å². The van der Waals surface area contributed by atoms with Crippen molar-refractivity contribution in [3.63, 3.8) is 0 Å². The van der Waals surface area contributed by atoms with Crippen LogP contribution in [0.2, 0.25) is 5.02 Å². The first-order chi connectivity index (χ1) is 7.47. The van der Waals surface area contributed by atoms with Gasteiger partial charge in [0.15, 0.2) is 0 Å². The molecule has 0 saturated carbocycles. The maximum Gasteiger partial charge on any atom is 0.307 e. The van der Waals surface area contributed by atoms with E-state index in [9.17, 15) is 13.6 Å². The molecule has 0 saturated heterocycles. The Hall–Kier alpha value is -1.27. The topological polar surface area (TPSA) is 76.2 Å². The molecule has 0 bridgehead atoms. The van der Waals surface area contributed by atoms with Gasteiger partial charge < -0.3 is 10.8 Å². The molecule has 0 unspecified atom stereocenters. The van der Waals surface area contributed by atoms with Crippen molar-refractivity contribution in [2.24, 2.45) is 5.73 Å². The number of carboxylic acids is 1. The van der Waals surface area contributed by atoms with Crippen LogP contribution in [0.1, 0.15) is 23.2 Å². The molecule has 0 fully saturated rings. The molecule has 1 aromatic heterocycles. The first-order valence-corrected chi connectivity index (χ1v) is 4.71. The number of carbonyl (C=O) groups is 1. The van der Waals surface area contributed by atoms with Crippen LogP contribution in [0.3, 0.4) is 0 Å². The summed E-state index contributed by atoms with van der Waals surface area (Å²) in [5, 5.41) is 8.34. The van der Waals surface area contributed by atoms with Crippen LogP contribution >= 0.6 is 11.6 Å². The summed E-state index contributed by atoms with van der Waals surface area (Å²) in [5.41, 5.74) is 5.23. The van der Waals surface area contributed by atoms with Crippen molar-refractivity contribution < 1.29 is 18.7 Å². The molecule has 1 heterocycles. The molecule has 16 heavy (non-hydrogen) atoms. The molecule has 4 nitrogen and oxygen atoms in total. The van der Waals surface area contributed by atoms with Gasteiger partial charge in [-0.3, -0.25) is 9.78 Å². The quantitative estimate of drug-likeness (QED) is 0.854. The van der Waals surface area contributed by atoms with E-state index in [0.29, 0.717) is 0 Å². The van der Waals surface area contributed by atoms with E-state index < -0.39 is 18.1 Å². The maximum atomic E-state index is 12.4. The van der Waals surface area contributed by atoms with E-state index in [1.54, 1.807) is 0 Å². The van der Waals surface area contributed by atoms with E-state index in [-0.39, 0.29) is 29.1 Å². The molecule has 88 valence electrons. The maximum absolute atomic E-state index is 12.4. The second kappa shape index (κ2) is 5.18. The summed E-state index contributed by atoms with van der Waals surface area (Å²) in [6, 6.07) is 0. The molecule has 0 spiro atoms. The van der Waals surface area contributed by atoms with Crippen molar-refractivity contribution in [3.05, 3.63) is 28.0 Å². The third-order valence-electron chi connectivity index (χ3n) is 1.99. The minimum atomic E-state index is -2.81. The standard InChI is InChI=1S/C9H9ClF2N2O2/c10-7-5(2-13)4(1-6(15)16)3-14-8(7)9(11)12/h3,9H,1-2,13H2,(H,15,16). The Bertz CT molecular complexity index is 413. The Morgan fingerprint density at radius 1 is 1.62 bits per heavy atom. The Balaban J connectivity index is 3.23. The van der Waals surface area contributed by atoms with Crippen LogP contribution in [0.4, 0.5) is 8.78 Å². The first kappa shape index (κ1) is 12.8. The van der Waals surface area contributed by atoms with Crippen LogP contribution in [0.5, 0.6) is 0 Å². The second-order valence-corrected chi connectivity index (χ2v) is 3.41. The molecular formula is C9H9ClF2N2O2. The number of hydrogen-bond donors (Lipinski definition) is 2. The molecule has 0 aliphatic rings. The summed E-state index contributed by atoms with van der Waals surface area (Å²) >= 11 is 5.68. The van der Waals surface area contributed by atoms with Gasteiger partial charge in [0.1, 0.15) is 5.69 Å². The lowest BCUT2D eigenvalue weighted by molar-refractivity contribution is -0.136. The smallest absolute Gasteiger partial charge is 0.307 e. The van der Waals surface area contributed by atoms with Gasteiger partial charge in [-0.25, -0.2) is 8.78 Å². The molecular weight excluding hydrogens is 242 g/mol. The third kappa shape index (κ3) is 2.65. The zero-order chi connectivity index (χ0) is 12.3. The van der Waals surface area contributed by atoms with E-state index in [1.807, 2.05) is 0 Å². The summed E-state index contributed by atoms with van der Waals surface area (Å²) in [4.78, 5) is 13.9. The van der Waals surface area contributed by atoms with Crippen molar-refractivity contribution >= 4 is 17.6 Å². The van der Waals surface area contributed by atoms with Gasteiger partial charge in [0.2, 0.25) is 0 Å². The van der Waals surface area contributed by atoms with Crippen molar-refractivity contribution in [2.45, 2.75) is 19.4 Å². The fraction of sp³-hybridized carbons (Fsp3) is 0.333. The summed E-state index contributed by atoms with van der Waals surface area (Å²) < 4.78 is 24.9. The van der Waals surface area contributed by atoms with E-state index in [0.717, 1.165) is 6.20 Å². The Morgan fingerprint density at radius 2 is 2.25 bits per heavy atom. The molecule has 1 aromatic rings. The van der Waals surface area contributed by atoms with E-state index in [2.05, 4.69) is 4.98 Å². The summed E-state index contributed by atoms with van der Waals surface area (Å²) in [7, 11) is 0. The van der Waals surface area contributed by atoms with Crippen LogP contribution < -0.4 is 5.73 Å². The molecule has 0 aliphatic heterocycles. The number of nitrogens with two attached hydrogens (primary N) is 1. The first-order valence-electron chi connectivity index (χ1n) is 4.33. The number of carboxylic acid groups (broad SMARTS) is 1. The van der Waals surface area contributed by atoms with Crippen LogP contribution in [-0.2, 0) is 17.8 Å². The zero-order valence-electron chi connectivity index (χ0n) is 8.08. The highest BCUT2D eigenvalue weighted by Gasteiger charge is 2.19. The van der Waals surface area contributed by atoms with E-state index in [4.69, 9.17) is 22.4 Å². The van der Waals surface area contributed by atoms with Crippen LogP contribution in [0, 0.1) is 0 Å². The number of alkyl halides is 2. The molecule has 7 heteroatoms. The van der Waals surface area contributed by atoms with Crippen molar-refractivity contribution in [2.75, 3.05) is 0 Å². The lowest BCUT2D eigenvalue weighted by atomic mass is 10.1. The molecule has 0 radical (unpaired) electrons. The zero-order valence-corrected chi connectivity index (χ0v) is 8.84. The molecule has 0 amide bonds. The van der Waals surface area contributed by atoms with Gasteiger partial charge in [0.05, 0.1) is 11.4 Å². The number of pyridine rings is 1. The number of aliphatic carboxylic acids is 1. The number of nitrogens with zero attached hydrogens (tertiary/aromatic N) is 1. The Kier molecular flexibility index (Phi) is 4.14. The average Bonchev–Trinajstić information content (AvgIpc) is 2.16. The molecule has 0 aliphatic carbocycles. The normalized spacial score (nSPS) is 10.8. The van der Waals surface area contributed by atoms with Crippen molar-refractivity contribution in [1.82, 2.24) is 4.98 Å². The van der Waals surface area contributed by atoms with Crippen molar-refractivity contribution in [1.29, 1.82) is 0 Å². The number of hydrogen-bond acceptors (Lipinski definition) is 3. The summed E-state index contributed by atoms with van der Waals surface area (Å²) in [6.45, 7) is -0.107. The number of rotatable bonds is 4. The minimum Gasteiger partial charge on any atom is -0.481 e. The fourth-order valence-electron chi connectivity index (χ4n) is 1.27. The summed E-state index contributed by atoms with van der Waals surface area (Å²) in [5.74, 6) is -1.10. The second-order valence-electron chi connectivity index (χ2n) is 3.04. The highest BCUT2D eigenvalue weighted by molar-refractivity contribution is 6.32. The number of aromatic nitrogens is 1. The highest BCUT2D eigenvalue weighted by atomic mass is 35.5. The number of halogens is 3. The minimum absolute atomic E-state index is 0.107. The average molecular weight is 251 g/mol. The lowest BCUT2D eigenvalue weighted by Gasteiger charge is -2.10. The highest BCUT2D eigenvalue weighted by Crippen LogP contribution is 2.29.